The monoisotopic (exact) mass is 577 g/mol. The van der Waals surface area contributed by atoms with Gasteiger partial charge in [-0.15, -0.1) is 0 Å². The van der Waals surface area contributed by atoms with Crippen molar-refractivity contribution in [1.82, 2.24) is 0 Å². The summed E-state index contributed by atoms with van der Waals surface area (Å²) in [6, 6.07) is 0. The molecule has 0 amide bonds. The Balaban J connectivity index is 3.51. The number of carbonyl (C=O) groups excluding carboxylic acids is 2. The number of hydrogen-bond donors (Lipinski definition) is 0. The summed E-state index contributed by atoms with van der Waals surface area (Å²) in [6.45, 7) is 7.63. The molecule has 4 nitrogen and oxygen atoms in total. The second-order valence-electron chi connectivity index (χ2n) is 11.9. The summed E-state index contributed by atoms with van der Waals surface area (Å²) < 4.78 is 10.6. The van der Waals surface area contributed by atoms with Gasteiger partial charge in [-0.2, -0.15) is 0 Å². The lowest BCUT2D eigenvalue weighted by atomic mass is 9.92. The number of hydrogen-bond acceptors (Lipinski definition) is 4. The van der Waals surface area contributed by atoms with E-state index in [1.54, 1.807) is 0 Å². The molecule has 0 aromatic carbocycles. The first-order valence-electron chi connectivity index (χ1n) is 17.7. The van der Waals surface area contributed by atoms with E-state index in [0.717, 1.165) is 44.4 Å². The molecule has 0 aliphatic rings. The molecule has 0 aromatic rings. The summed E-state index contributed by atoms with van der Waals surface area (Å²) in [6.07, 6.45) is 37.5. The van der Waals surface area contributed by atoms with Crippen molar-refractivity contribution in [2.24, 2.45) is 5.92 Å². The molecular weight excluding hydrogens is 508 g/mol. The summed E-state index contributed by atoms with van der Waals surface area (Å²) in [5.74, 6) is 0.741. The van der Waals surface area contributed by atoms with E-state index in [4.69, 9.17) is 9.47 Å². The first-order chi connectivity index (χ1) is 20.1. The van der Waals surface area contributed by atoms with Crippen LogP contribution in [0.3, 0.4) is 0 Å². The highest BCUT2D eigenvalue weighted by Gasteiger charge is 2.07. The predicted molar refractivity (Wildman–Crippen MR) is 176 cm³/mol. The number of unbranched alkanes of at least 4 members (excludes halogenated alkanes) is 16. The van der Waals surface area contributed by atoms with E-state index in [1.807, 2.05) is 12.2 Å². The quantitative estimate of drug-likeness (QED) is 0.0468. The topological polar surface area (TPSA) is 52.6 Å². The Labute approximate surface area is 255 Å². The van der Waals surface area contributed by atoms with E-state index in [9.17, 15) is 9.59 Å². The number of rotatable bonds is 31. The fraction of sp³-hybridized carbons (Fsp3) is 0.838. The highest BCUT2D eigenvalue weighted by molar-refractivity contribution is 5.69. The number of allylic oxidation sites excluding steroid dienone is 2. The molecule has 0 aliphatic heterocycles. The Kier molecular flexibility index (Phi) is 31.7. The van der Waals surface area contributed by atoms with Gasteiger partial charge in [-0.25, -0.2) is 0 Å². The second kappa shape index (κ2) is 32.9. The van der Waals surface area contributed by atoms with Crippen LogP contribution in [-0.4, -0.2) is 25.2 Å². The van der Waals surface area contributed by atoms with Crippen LogP contribution in [0.2, 0.25) is 0 Å². The molecule has 0 saturated heterocycles. The predicted octanol–water partition coefficient (Wildman–Crippen LogP) is 11.6. The molecule has 0 unspecified atom stereocenters. The average Bonchev–Trinajstić information content (AvgIpc) is 2.97. The van der Waals surface area contributed by atoms with Crippen molar-refractivity contribution < 1.29 is 19.1 Å². The highest BCUT2D eigenvalue weighted by atomic mass is 16.5. The van der Waals surface area contributed by atoms with Gasteiger partial charge in [-0.1, -0.05) is 154 Å². The van der Waals surface area contributed by atoms with E-state index in [2.05, 4.69) is 32.9 Å². The van der Waals surface area contributed by atoms with E-state index >= 15 is 0 Å². The Morgan fingerprint density at radius 1 is 0.488 bits per heavy atom. The van der Waals surface area contributed by atoms with Crippen LogP contribution < -0.4 is 0 Å². The minimum Gasteiger partial charge on any atom is -0.461 e. The van der Waals surface area contributed by atoms with Gasteiger partial charge < -0.3 is 9.47 Å². The van der Waals surface area contributed by atoms with Gasteiger partial charge in [0.25, 0.3) is 0 Å². The smallest absolute Gasteiger partial charge is 0.306 e. The van der Waals surface area contributed by atoms with E-state index in [-0.39, 0.29) is 11.9 Å². The zero-order valence-electron chi connectivity index (χ0n) is 27.6. The summed E-state index contributed by atoms with van der Waals surface area (Å²) in [5.41, 5.74) is 0. The van der Waals surface area contributed by atoms with Gasteiger partial charge in [-0.05, 0) is 44.4 Å². The second-order valence-corrected chi connectivity index (χ2v) is 11.9. The zero-order chi connectivity index (χ0) is 30.1. The van der Waals surface area contributed by atoms with Crippen LogP contribution in [0, 0.1) is 5.92 Å². The van der Waals surface area contributed by atoms with Crippen LogP contribution in [0.4, 0.5) is 0 Å². The lowest BCUT2D eigenvalue weighted by Gasteiger charge is -2.14. The minimum absolute atomic E-state index is 0.0529. The fourth-order valence-corrected chi connectivity index (χ4v) is 5.19. The first kappa shape index (κ1) is 39.4. The number of carbonyl (C=O) groups is 2. The summed E-state index contributed by atoms with van der Waals surface area (Å²) in [7, 11) is 0. The Morgan fingerprint density at radius 3 is 1.29 bits per heavy atom. The molecule has 0 spiro atoms. The summed E-state index contributed by atoms with van der Waals surface area (Å²) >= 11 is 0. The molecule has 4 heteroatoms. The lowest BCUT2D eigenvalue weighted by Crippen LogP contribution is -2.04. The molecule has 240 valence electrons. The van der Waals surface area contributed by atoms with Gasteiger partial charge >= 0.3 is 11.9 Å². The molecule has 0 fully saturated rings. The maximum Gasteiger partial charge on any atom is 0.306 e. The molecule has 0 aliphatic carbocycles. The third kappa shape index (κ3) is 31.2. The summed E-state index contributed by atoms with van der Waals surface area (Å²) in [5, 5.41) is 0. The lowest BCUT2D eigenvalue weighted by molar-refractivity contribution is -0.143. The van der Waals surface area contributed by atoms with Crippen molar-refractivity contribution in [3.63, 3.8) is 0 Å². The third-order valence-corrected chi connectivity index (χ3v) is 8.03. The van der Waals surface area contributed by atoms with Crippen LogP contribution in [-0.2, 0) is 19.1 Å². The number of ether oxygens (including phenoxy) is 2. The van der Waals surface area contributed by atoms with Crippen molar-refractivity contribution in [2.45, 2.75) is 181 Å². The maximum atomic E-state index is 11.9. The van der Waals surface area contributed by atoms with Gasteiger partial charge in [0.2, 0.25) is 0 Å². The van der Waals surface area contributed by atoms with E-state index < -0.39 is 0 Å². The highest BCUT2D eigenvalue weighted by Crippen LogP contribution is 2.21. The SMILES string of the molecule is CCCCCC/C=C\COC(=O)CCCCCCCC(CC)CCCCCCCC(=O)OC/C=C\CCCCCC. The van der Waals surface area contributed by atoms with Crippen LogP contribution in [0.1, 0.15) is 181 Å². The third-order valence-electron chi connectivity index (χ3n) is 8.03. The van der Waals surface area contributed by atoms with Gasteiger partial charge in [0.1, 0.15) is 13.2 Å². The largest absolute Gasteiger partial charge is 0.461 e. The Bertz CT molecular complexity index is 572. The van der Waals surface area contributed by atoms with Crippen LogP contribution in [0.25, 0.3) is 0 Å². The Morgan fingerprint density at radius 2 is 0.878 bits per heavy atom. The van der Waals surface area contributed by atoms with Gasteiger partial charge in [0.05, 0.1) is 0 Å². The molecule has 41 heavy (non-hydrogen) atoms. The van der Waals surface area contributed by atoms with Crippen molar-refractivity contribution in [1.29, 1.82) is 0 Å². The van der Waals surface area contributed by atoms with Crippen molar-refractivity contribution >= 4 is 11.9 Å². The van der Waals surface area contributed by atoms with Gasteiger partial charge in [0.15, 0.2) is 0 Å². The van der Waals surface area contributed by atoms with Crippen LogP contribution in [0.5, 0.6) is 0 Å². The van der Waals surface area contributed by atoms with E-state index in [0.29, 0.717) is 26.1 Å². The average molecular weight is 577 g/mol. The van der Waals surface area contributed by atoms with Gasteiger partial charge in [0, 0.05) is 12.8 Å². The Hall–Kier alpha value is -1.58. The molecular formula is C37H68O4. The molecule has 0 rings (SSSR count). The van der Waals surface area contributed by atoms with Crippen LogP contribution in [0.15, 0.2) is 24.3 Å². The molecule has 0 saturated carbocycles. The number of esters is 2. The van der Waals surface area contributed by atoms with Crippen molar-refractivity contribution in [3.8, 4) is 0 Å². The van der Waals surface area contributed by atoms with Crippen molar-refractivity contribution in [2.75, 3.05) is 13.2 Å². The normalized spacial score (nSPS) is 11.7. The molecule has 0 aromatic heterocycles. The zero-order valence-corrected chi connectivity index (χ0v) is 27.6. The maximum absolute atomic E-state index is 11.9. The molecule has 0 N–H and O–H groups in total. The van der Waals surface area contributed by atoms with Crippen LogP contribution >= 0.6 is 0 Å². The molecule has 0 radical (unpaired) electrons. The van der Waals surface area contributed by atoms with Gasteiger partial charge in [-0.3, -0.25) is 9.59 Å². The summed E-state index contributed by atoms with van der Waals surface area (Å²) in [4.78, 5) is 23.7. The van der Waals surface area contributed by atoms with E-state index in [1.165, 1.54) is 109 Å². The molecule has 0 atom stereocenters. The fourth-order valence-electron chi connectivity index (χ4n) is 5.19. The molecule has 0 bridgehead atoms. The molecule has 0 heterocycles. The van der Waals surface area contributed by atoms with Crippen molar-refractivity contribution in [3.05, 3.63) is 24.3 Å². The first-order valence-corrected chi connectivity index (χ1v) is 17.7. The standard InChI is InChI=1S/C37H68O4/c1-4-7-9-11-13-21-27-33-40-36(38)31-25-19-15-17-23-29-35(6-3)30-24-18-16-20-26-32-37(39)41-34-28-22-14-12-10-8-5-2/h21-22,27-28,35H,4-20,23-26,29-34H2,1-3H3/b27-21-,28-22-. The minimum atomic E-state index is -0.0529.